The lowest BCUT2D eigenvalue weighted by molar-refractivity contribution is -0.0477. The lowest BCUT2D eigenvalue weighted by Crippen LogP contribution is -2.25. The van der Waals surface area contributed by atoms with E-state index in [-0.39, 0.29) is 12.8 Å². The molecule has 82 valence electrons. The molecule has 0 aromatic rings. The van der Waals surface area contributed by atoms with Crippen LogP contribution in [0, 0.1) is 5.92 Å². The molecular formula is C11H18F2O. The normalized spacial score (nSPS) is 30.2. The summed E-state index contributed by atoms with van der Waals surface area (Å²) in [6, 6.07) is 0. The lowest BCUT2D eigenvalue weighted by Gasteiger charge is -2.28. The van der Waals surface area contributed by atoms with Crippen LogP contribution >= 0.6 is 0 Å². The van der Waals surface area contributed by atoms with Gasteiger partial charge in [-0.2, -0.15) is 0 Å². The average molecular weight is 204 g/mol. The van der Waals surface area contributed by atoms with Gasteiger partial charge >= 0.3 is 0 Å². The van der Waals surface area contributed by atoms with Crippen LogP contribution in [0.5, 0.6) is 0 Å². The molecule has 0 saturated heterocycles. The van der Waals surface area contributed by atoms with Crippen molar-refractivity contribution in [3.8, 4) is 0 Å². The summed E-state index contributed by atoms with van der Waals surface area (Å²) in [5.41, 5.74) is -0.403. The van der Waals surface area contributed by atoms with Gasteiger partial charge in [0.25, 0.3) is 0 Å². The van der Waals surface area contributed by atoms with E-state index in [4.69, 9.17) is 0 Å². The number of hydrogen-bond donors (Lipinski definition) is 1. The topological polar surface area (TPSA) is 20.2 Å². The molecule has 1 N–H and O–H groups in total. The molecule has 0 bridgehead atoms. The number of hydrogen-bond acceptors (Lipinski definition) is 1. The highest BCUT2D eigenvalue weighted by molar-refractivity contribution is 4.93. The van der Waals surface area contributed by atoms with E-state index in [1.165, 1.54) is 0 Å². The molecule has 0 aromatic carbocycles. The highest BCUT2D eigenvalue weighted by atomic mass is 19.3. The fraction of sp³-hybridized carbons (Fsp3) is 1.00. The van der Waals surface area contributed by atoms with Crippen molar-refractivity contribution in [2.75, 3.05) is 0 Å². The van der Waals surface area contributed by atoms with Crippen LogP contribution in [0.2, 0.25) is 0 Å². The van der Waals surface area contributed by atoms with Crippen molar-refractivity contribution in [2.45, 2.75) is 62.9 Å². The highest BCUT2D eigenvalue weighted by Gasteiger charge is 2.41. The van der Waals surface area contributed by atoms with Crippen LogP contribution in [0.15, 0.2) is 0 Å². The summed E-state index contributed by atoms with van der Waals surface area (Å²) in [5, 5.41) is 9.61. The fourth-order valence-electron chi connectivity index (χ4n) is 2.26. The summed E-state index contributed by atoms with van der Waals surface area (Å²) in [6.45, 7) is 0. The minimum absolute atomic E-state index is 0.0517. The van der Waals surface area contributed by atoms with Crippen molar-refractivity contribution < 1.29 is 13.9 Å². The molecule has 2 saturated carbocycles. The molecule has 1 nitrogen and oxygen atoms in total. The molecule has 0 aromatic heterocycles. The largest absolute Gasteiger partial charge is 0.390 e. The maximum absolute atomic E-state index is 12.8. The highest BCUT2D eigenvalue weighted by Crippen LogP contribution is 2.43. The van der Waals surface area contributed by atoms with Crippen LogP contribution < -0.4 is 0 Å². The predicted molar refractivity (Wildman–Crippen MR) is 50.3 cm³/mol. The first-order valence-electron chi connectivity index (χ1n) is 5.59. The van der Waals surface area contributed by atoms with Gasteiger partial charge in [0.1, 0.15) is 0 Å². The van der Waals surface area contributed by atoms with Crippen molar-refractivity contribution in [2.24, 2.45) is 5.92 Å². The van der Waals surface area contributed by atoms with Gasteiger partial charge in [-0.1, -0.05) is 0 Å². The summed E-state index contributed by atoms with van der Waals surface area (Å²) in [6.07, 6.45) is 4.97. The predicted octanol–water partition coefficient (Wildman–Crippen LogP) is 3.12. The number of halogens is 2. The van der Waals surface area contributed by atoms with Gasteiger partial charge in [-0.3, -0.25) is 0 Å². The summed E-state index contributed by atoms with van der Waals surface area (Å²) >= 11 is 0. The van der Waals surface area contributed by atoms with Crippen molar-refractivity contribution in [3.05, 3.63) is 0 Å². The molecule has 3 heteroatoms. The molecule has 0 radical (unpaired) electrons. The molecule has 2 aliphatic rings. The van der Waals surface area contributed by atoms with E-state index < -0.39 is 11.5 Å². The Balaban J connectivity index is 1.68. The van der Waals surface area contributed by atoms with E-state index >= 15 is 0 Å². The minimum atomic E-state index is -2.41. The Hall–Kier alpha value is -0.180. The molecule has 0 atom stereocenters. The number of alkyl halides is 2. The molecule has 0 heterocycles. The maximum Gasteiger partial charge on any atom is 0.248 e. The van der Waals surface area contributed by atoms with Crippen molar-refractivity contribution in [1.29, 1.82) is 0 Å². The third kappa shape index (κ3) is 2.66. The summed E-state index contributed by atoms with van der Waals surface area (Å²) in [7, 11) is 0. The second kappa shape index (κ2) is 3.44. The monoisotopic (exact) mass is 204 g/mol. The van der Waals surface area contributed by atoms with E-state index in [0.29, 0.717) is 18.8 Å². The maximum atomic E-state index is 12.8. The van der Waals surface area contributed by atoms with E-state index in [1.54, 1.807) is 0 Å². The molecule has 2 fully saturated rings. The van der Waals surface area contributed by atoms with Crippen LogP contribution in [0.4, 0.5) is 8.78 Å². The third-order valence-electron chi connectivity index (χ3n) is 3.68. The molecule has 2 rings (SSSR count). The zero-order valence-electron chi connectivity index (χ0n) is 8.44. The van der Waals surface area contributed by atoms with Gasteiger partial charge in [0.05, 0.1) is 5.60 Å². The summed E-state index contributed by atoms with van der Waals surface area (Å²) in [5.74, 6) is -1.98. The van der Waals surface area contributed by atoms with Gasteiger partial charge in [-0.25, -0.2) is 8.78 Å². The van der Waals surface area contributed by atoms with Gasteiger partial charge in [0.15, 0.2) is 0 Å². The van der Waals surface area contributed by atoms with Crippen LogP contribution in [-0.2, 0) is 0 Å². The van der Waals surface area contributed by atoms with Crippen LogP contribution in [0.1, 0.15) is 51.4 Å². The Morgan fingerprint density at radius 2 is 1.64 bits per heavy atom. The SMILES string of the molecule is OC1(CCC2CCC(F)(F)CC2)CC1. The van der Waals surface area contributed by atoms with Crippen molar-refractivity contribution in [3.63, 3.8) is 0 Å². The van der Waals surface area contributed by atoms with Crippen LogP contribution in [-0.4, -0.2) is 16.6 Å². The summed E-state index contributed by atoms with van der Waals surface area (Å²) in [4.78, 5) is 0. The summed E-state index contributed by atoms with van der Waals surface area (Å²) < 4.78 is 25.6. The molecule has 0 spiro atoms. The first kappa shape index (κ1) is 10.3. The molecule has 0 amide bonds. The second-order valence-electron chi connectivity index (χ2n) is 5.06. The van der Waals surface area contributed by atoms with Crippen LogP contribution in [0.3, 0.4) is 0 Å². The molecule has 2 aliphatic carbocycles. The van der Waals surface area contributed by atoms with E-state index in [9.17, 15) is 13.9 Å². The number of rotatable bonds is 3. The van der Waals surface area contributed by atoms with E-state index in [1.807, 2.05) is 0 Å². The molecular weight excluding hydrogens is 186 g/mol. The Labute approximate surface area is 83.5 Å². The van der Waals surface area contributed by atoms with E-state index in [0.717, 1.165) is 25.7 Å². The molecule has 14 heavy (non-hydrogen) atoms. The van der Waals surface area contributed by atoms with E-state index in [2.05, 4.69) is 0 Å². The van der Waals surface area contributed by atoms with Gasteiger partial charge < -0.3 is 5.11 Å². The Bertz CT molecular complexity index is 201. The lowest BCUT2D eigenvalue weighted by atomic mass is 9.83. The van der Waals surface area contributed by atoms with Crippen molar-refractivity contribution in [1.82, 2.24) is 0 Å². The van der Waals surface area contributed by atoms with Gasteiger partial charge in [-0.15, -0.1) is 0 Å². The standard InChI is InChI=1S/C11H18F2O/c12-11(13)5-2-9(3-6-11)1-4-10(14)7-8-10/h9,14H,1-8H2. The van der Waals surface area contributed by atoms with Gasteiger partial charge in [0.2, 0.25) is 5.92 Å². The van der Waals surface area contributed by atoms with Gasteiger partial charge in [-0.05, 0) is 44.4 Å². The van der Waals surface area contributed by atoms with Crippen molar-refractivity contribution >= 4 is 0 Å². The first-order valence-corrected chi connectivity index (χ1v) is 5.59. The quantitative estimate of drug-likeness (QED) is 0.748. The third-order valence-corrected chi connectivity index (χ3v) is 3.68. The zero-order valence-corrected chi connectivity index (χ0v) is 8.44. The molecule has 0 unspecified atom stereocenters. The second-order valence-corrected chi connectivity index (χ2v) is 5.06. The first-order chi connectivity index (χ1) is 6.49. The zero-order chi connectivity index (χ0) is 10.2. The minimum Gasteiger partial charge on any atom is -0.390 e. The van der Waals surface area contributed by atoms with Gasteiger partial charge in [0, 0.05) is 12.8 Å². The molecule has 0 aliphatic heterocycles. The Morgan fingerprint density at radius 1 is 1.07 bits per heavy atom. The average Bonchev–Trinajstić information content (AvgIpc) is 2.83. The smallest absolute Gasteiger partial charge is 0.248 e. The Kier molecular flexibility index (Phi) is 2.54. The van der Waals surface area contributed by atoms with Crippen LogP contribution in [0.25, 0.3) is 0 Å². The number of aliphatic hydroxyl groups is 1. The Morgan fingerprint density at radius 3 is 2.14 bits per heavy atom. The fourth-order valence-corrected chi connectivity index (χ4v) is 2.26.